The molecule has 0 bridgehead atoms. The molecule has 0 aromatic rings. The van der Waals surface area contributed by atoms with E-state index in [0.29, 0.717) is 18.7 Å². The molecule has 3 nitrogen and oxygen atoms in total. The first-order chi connectivity index (χ1) is 10.9. The van der Waals surface area contributed by atoms with E-state index >= 15 is 0 Å². The van der Waals surface area contributed by atoms with Gasteiger partial charge in [-0.2, -0.15) is 0 Å². The summed E-state index contributed by atoms with van der Waals surface area (Å²) >= 11 is 0. The Kier molecular flexibility index (Phi) is 7.94. The predicted octanol–water partition coefficient (Wildman–Crippen LogP) is 5.62. The molecule has 0 saturated carbocycles. The first-order valence-electron chi connectivity index (χ1n) is 9.68. The van der Waals surface area contributed by atoms with Crippen LogP contribution in [0.2, 0.25) is 0 Å². The summed E-state index contributed by atoms with van der Waals surface area (Å²) in [6.07, 6.45) is 2.50. The highest BCUT2D eigenvalue weighted by molar-refractivity contribution is 5.86. The van der Waals surface area contributed by atoms with Crippen molar-refractivity contribution in [3.05, 3.63) is 0 Å². The summed E-state index contributed by atoms with van der Waals surface area (Å²) in [5.41, 5.74) is -0.307. The normalized spacial score (nSPS) is 15.0. The maximum atomic E-state index is 12.6. The summed E-state index contributed by atoms with van der Waals surface area (Å²) < 4.78 is 0. The lowest BCUT2D eigenvalue weighted by Gasteiger charge is -2.37. The summed E-state index contributed by atoms with van der Waals surface area (Å²) in [5.74, 6) is 0.476. The first kappa shape index (κ1) is 24.1. The molecule has 0 saturated heterocycles. The van der Waals surface area contributed by atoms with E-state index in [1.54, 1.807) is 0 Å². The number of rotatable bonds is 8. The van der Waals surface area contributed by atoms with Gasteiger partial charge in [-0.3, -0.25) is 9.59 Å². The van der Waals surface area contributed by atoms with Gasteiger partial charge < -0.3 is 5.32 Å². The van der Waals surface area contributed by atoms with Gasteiger partial charge in [0.25, 0.3) is 0 Å². The van der Waals surface area contributed by atoms with E-state index in [1.807, 2.05) is 20.8 Å². The van der Waals surface area contributed by atoms with Crippen LogP contribution in [0.15, 0.2) is 0 Å². The monoisotopic (exact) mass is 353 g/mol. The lowest BCUT2D eigenvalue weighted by atomic mass is 9.67. The second kappa shape index (κ2) is 8.22. The molecule has 0 fully saturated rings. The highest BCUT2D eigenvalue weighted by atomic mass is 16.1. The summed E-state index contributed by atoms with van der Waals surface area (Å²) in [4.78, 5) is 24.7. The Labute approximate surface area is 156 Å². The van der Waals surface area contributed by atoms with E-state index < -0.39 is 0 Å². The lowest BCUT2D eigenvalue weighted by molar-refractivity contribution is -0.133. The van der Waals surface area contributed by atoms with Crippen LogP contribution in [-0.2, 0) is 9.59 Å². The van der Waals surface area contributed by atoms with E-state index in [2.05, 4.69) is 60.7 Å². The van der Waals surface area contributed by atoms with Crippen LogP contribution in [-0.4, -0.2) is 18.2 Å². The van der Waals surface area contributed by atoms with Gasteiger partial charge in [-0.15, -0.1) is 0 Å². The number of Topliss-reactive ketones (excluding diaryl/α,β-unsaturated/α-hetero) is 1. The number of hydrogen-bond donors (Lipinski definition) is 1. The van der Waals surface area contributed by atoms with Crippen molar-refractivity contribution in [3.8, 4) is 0 Å². The summed E-state index contributed by atoms with van der Waals surface area (Å²) in [7, 11) is 0. The number of hydrogen-bond acceptors (Lipinski definition) is 2. The quantitative estimate of drug-likeness (QED) is 0.615. The van der Waals surface area contributed by atoms with E-state index in [0.717, 1.165) is 12.8 Å². The molecule has 1 N–H and O–H groups in total. The van der Waals surface area contributed by atoms with Gasteiger partial charge in [0.1, 0.15) is 5.78 Å². The van der Waals surface area contributed by atoms with Crippen molar-refractivity contribution in [2.45, 2.75) is 95.4 Å². The fourth-order valence-electron chi connectivity index (χ4n) is 2.85. The van der Waals surface area contributed by atoms with Gasteiger partial charge in [-0.05, 0) is 29.1 Å². The zero-order valence-corrected chi connectivity index (χ0v) is 18.7. The molecule has 1 atom stereocenters. The van der Waals surface area contributed by atoms with Crippen molar-refractivity contribution in [2.75, 3.05) is 6.54 Å². The van der Waals surface area contributed by atoms with E-state index in [4.69, 9.17) is 0 Å². The maximum absolute atomic E-state index is 12.6. The molecule has 148 valence electrons. The fourth-order valence-corrected chi connectivity index (χ4v) is 2.85. The average Bonchev–Trinajstić information content (AvgIpc) is 2.39. The Morgan fingerprint density at radius 2 is 1.32 bits per heavy atom. The Bertz CT molecular complexity index is 461. The van der Waals surface area contributed by atoms with Gasteiger partial charge >= 0.3 is 0 Å². The molecular weight excluding hydrogens is 310 g/mol. The van der Waals surface area contributed by atoms with Gasteiger partial charge in [0.2, 0.25) is 5.91 Å². The smallest absolute Gasteiger partial charge is 0.220 e. The molecule has 0 aromatic carbocycles. The van der Waals surface area contributed by atoms with Crippen molar-refractivity contribution < 1.29 is 9.59 Å². The molecule has 0 aliphatic carbocycles. The standard InChI is InChI=1S/C22H43NO2/c1-16(18(25)20(5,6)7)22(10,11)13-12-21(8,9)15-23-17(24)14-19(2,3)4/h16H,12-15H2,1-11H3,(H,23,24). The van der Waals surface area contributed by atoms with Crippen LogP contribution in [0.25, 0.3) is 0 Å². The van der Waals surface area contributed by atoms with E-state index in [1.165, 1.54) is 0 Å². The van der Waals surface area contributed by atoms with Crippen molar-refractivity contribution >= 4 is 11.7 Å². The van der Waals surface area contributed by atoms with E-state index in [9.17, 15) is 9.59 Å². The van der Waals surface area contributed by atoms with Crippen LogP contribution in [0, 0.1) is 27.6 Å². The van der Waals surface area contributed by atoms with Crippen LogP contribution < -0.4 is 5.32 Å². The molecule has 3 heteroatoms. The molecule has 0 aromatic heterocycles. The molecule has 0 radical (unpaired) electrons. The van der Waals surface area contributed by atoms with Crippen LogP contribution in [0.1, 0.15) is 95.4 Å². The number of amides is 1. The number of carbonyl (C=O) groups is 2. The van der Waals surface area contributed by atoms with Crippen molar-refractivity contribution in [1.82, 2.24) is 5.32 Å². The molecular formula is C22H43NO2. The summed E-state index contributed by atoms with van der Waals surface area (Å²) in [6, 6.07) is 0. The van der Waals surface area contributed by atoms with Gasteiger partial charge in [0, 0.05) is 24.3 Å². The third-order valence-electron chi connectivity index (χ3n) is 5.21. The highest BCUT2D eigenvalue weighted by Crippen LogP contribution is 2.39. The highest BCUT2D eigenvalue weighted by Gasteiger charge is 2.37. The summed E-state index contributed by atoms with van der Waals surface area (Å²) in [5, 5.41) is 3.09. The van der Waals surface area contributed by atoms with Crippen LogP contribution in [0.5, 0.6) is 0 Å². The molecule has 0 aliphatic rings. The molecule has 0 heterocycles. The molecule has 1 unspecified atom stereocenters. The van der Waals surface area contributed by atoms with Crippen molar-refractivity contribution in [2.24, 2.45) is 27.6 Å². The minimum absolute atomic E-state index is 0.0129. The number of carbonyl (C=O) groups excluding carboxylic acids is 2. The predicted molar refractivity (Wildman–Crippen MR) is 108 cm³/mol. The van der Waals surface area contributed by atoms with Gasteiger partial charge in [-0.1, -0.05) is 76.2 Å². The topological polar surface area (TPSA) is 46.2 Å². The second-order valence-electron chi connectivity index (χ2n) is 11.5. The third-order valence-corrected chi connectivity index (χ3v) is 5.21. The zero-order chi connectivity index (χ0) is 20.3. The second-order valence-corrected chi connectivity index (χ2v) is 11.5. The Morgan fingerprint density at radius 3 is 1.72 bits per heavy atom. The van der Waals surface area contributed by atoms with Gasteiger partial charge in [0.15, 0.2) is 0 Å². The maximum Gasteiger partial charge on any atom is 0.220 e. The average molecular weight is 354 g/mol. The fraction of sp³-hybridized carbons (Fsp3) is 0.909. The zero-order valence-electron chi connectivity index (χ0n) is 18.7. The minimum Gasteiger partial charge on any atom is -0.356 e. The molecule has 1 amide bonds. The van der Waals surface area contributed by atoms with E-state index in [-0.39, 0.29) is 33.5 Å². The minimum atomic E-state index is -0.298. The SMILES string of the molecule is CC(C(=O)C(C)(C)C)C(C)(C)CCC(C)(C)CNC(=O)CC(C)(C)C. The Morgan fingerprint density at radius 1 is 0.840 bits per heavy atom. The largest absolute Gasteiger partial charge is 0.356 e. The van der Waals surface area contributed by atoms with Gasteiger partial charge in [0.05, 0.1) is 0 Å². The molecule has 0 rings (SSSR count). The third kappa shape index (κ3) is 9.42. The number of ketones is 1. The van der Waals surface area contributed by atoms with Gasteiger partial charge in [-0.25, -0.2) is 0 Å². The van der Waals surface area contributed by atoms with Crippen LogP contribution in [0.3, 0.4) is 0 Å². The van der Waals surface area contributed by atoms with Crippen LogP contribution >= 0.6 is 0 Å². The molecule has 0 aliphatic heterocycles. The van der Waals surface area contributed by atoms with Crippen molar-refractivity contribution in [3.63, 3.8) is 0 Å². The Hall–Kier alpha value is -0.860. The Balaban J connectivity index is 4.66. The number of nitrogens with one attached hydrogen (secondary N) is 1. The van der Waals surface area contributed by atoms with Crippen LogP contribution in [0.4, 0.5) is 0 Å². The lowest BCUT2D eigenvalue weighted by Crippen LogP contribution is -2.39. The molecule has 0 spiro atoms. The summed E-state index contributed by atoms with van der Waals surface area (Å²) in [6.45, 7) is 23.7. The first-order valence-corrected chi connectivity index (χ1v) is 9.68. The molecule has 25 heavy (non-hydrogen) atoms. The van der Waals surface area contributed by atoms with Crippen molar-refractivity contribution in [1.29, 1.82) is 0 Å².